The van der Waals surface area contributed by atoms with Crippen LogP contribution in [0.15, 0.2) is 17.3 Å². The summed E-state index contributed by atoms with van der Waals surface area (Å²) < 4.78 is 25.5. The molecule has 0 aliphatic carbocycles. The summed E-state index contributed by atoms with van der Waals surface area (Å²) in [6, 6.07) is 0. The molecule has 1 unspecified atom stereocenters. The van der Waals surface area contributed by atoms with E-state index in [0.717, 1.165) is 0 Å². The van der Waals surface area contributed by atoms with Crippen molar-refractivity contribution in [3.8, 4) is 0 Å². The number of nitrogens with zero attached hydrogens (tertiary/aromatic N) is 3. The molecule has 0 amide bonds. The molecular formula is C9H12ClN3O3S. The first-order chi connectivity index (χ1) is 8.00. The Hall–Kier alpha value is -0.760. The predicted octanol–water partition coefficient (Wildman–Crippen LogP) is 0.275. The Morgan fingerprint density at radius 2 is 2.06 bits per heavy atom. The van der Waals surface area contributed by atoms with Crippen molar-refractivity contribution in [3.63, 3.8) is 0 Å². The van der Waals surface area contributed by atoms with Crippen LogP contribution in [0.3, 0.4) is 0 Å². The molecule has 2 rings (SSSR count). The van der Waals surface area contributed by atoms with Crippen molar-refractivity contribution in [2.24, 2.45) is 0 Å². The number of β-amino-alcohol motifs (C(OH)–C–C–N with tert-alkyl or cyclic N) is 1. The maximum Gasteiger partial charge on any atom is 0.246 e. The summed E-state index contributed by atoms with van der Waals surface area (Å²) in [4.78, 5) is 7.29. The molecule has 0 saturated carbocycles. The zero-order valence-electron chi connectivity index (χ0n) is 8.95. The fourth-order valence-corrected chi connectivity index (χ4v) is 3.23. The van der Waals surface area contributed by atoms with E-state index in [1.807, 2.05) is 0 Å². The summed E-state index contributed by atoms with van der Waals surface area (Å²) in [7, 11) is -3.62. The molecule has 0 spiro atoms. The fraction of sp³-hybridized carbons (Fsp3) is 0.556. The van der Waals surface area contributed by atoms with Gasteiger partial charge >= 0.3 is 0 Å². The van der Waals surface area contributed by atoms with Crippen LogP contribution in [0.4, 0.5) is 0 Å². The van der Waals surface area contributed by atoms with Gasteiger partial charge in [-0.2, -0.15) is 4.31 Å². The molecule has 1 fully saturated rings. The van der Waals surface area contributed by atoms with Gasteiger partial charge in [-0.3, -0.25) is 0 Å². The molecule has 6 nitrogen and oxygen atoms in total. The Balaban J connectivity index is 2.26. The van der Waals surface area contributed by atoms with E-state index in [9.17, 15) is 13.5 Å². The van der Waals surface area contributed by atoms with Gasteiger partial charge in [-0.25, -0.2) is 18.4 Å². The van der Waals surface area contributed by atoms with Crippen molar-refractivity contribution in [2.45, 2.75) is 23.8 Å². The molecule has 8 heteroatoms. The summed E-state index contributed by atoms with van der Waals surface area (Å²) in [5.74, 6) is 0. The molecule has 0 radical (unpaired) electrons. The minimum absolute atomic E-state index is 0.00243. The van der Waals surface area contributed by atoms with E-state index in [1.54, 1.807) is 0 Å². The van der Waals surface area contributed by atoms with Gasteiger partial charge in [-0.05, 0) is 24.4 Å². The van der Waals surface area contributed by atoms with E-state index in [-0.39, 0.29) is 16.7 Å². The molecule has 1 aromatic heterocycles. The molecule has 1 aliphatic heterocycles. The van der Waals surface area contributed by atoms with Gasteiger partial charge in [0.25, 0.3) is 0 Å². The van der Waals surface area contributed by atoms with Gasteiger partial charge in [0.2, 0.25) is 15.3 Å². The first-order valence-corrected chi connectivity index (χ1v) is 6.98. The highest BCUT2D eigenvalue weighted by atomic mass is 35.5. The smallest absolute Gasteiger partial charge is 0.246 e. The lowest BCUT2D eigenvalue weighted by atomic mass is 10.1. The maximum absolute atomic E-state index is 12.1. The van der Waals surface area contributed by atoms with Crippen LogP contribution in [0.1, 0.15) is 12.8 Å². The van der Waals surface area contributed by atoms with Gasteiger partial charge in [0.1, 0.15) is 4.90 Å². The highest BCUT2D eigenvalue weighted by molar-refractivity contribution is 7.89. The van der Waals surface area contributed by atoms with Crippen molar-refractivity contribution in [3.05, 3.63) is 17.7 Å². The summed E-state index contributed by atoms with van der Waals surface area (Å²) in [5.41, 5.74) is 0. The van der Waals surface area contributed by atoms with E-state index in [0.29, 0.717) is 19.4 Å². The van der Waals surface area contributed by atoms with E-state index in [2.05, 4.69) is 9.97 Å². The standard InChI is InChI=1S/C9H12ClN3O3S/c10-9-11-4-8(5-12-9)17(15,16)13-3-1-2-7(14)6-13/h4-5,7,14H,1-3,6H2. The highest BCUT2D eigenvalue weighted by Gasteiger charge is 2.29. The molecule has 1 aromatic rings. The molecule has 1 saturated heterocycles. The van der Waals surface area contributed by atoms with Gasteiger partial charge in [-0.1, -0.05) is 0 Å². The zero-order valence-corrected chi connectivity index (χ0v) is 10.5. The number of sulfonamides is 1. The largest absolute Gasteiger partial charge is 0.392 e. The monoisotopic (exact) mass is 277 g/mol. The summed E-state index contributed by atoms with van der Waals surface area (Å²) in [6.07, 6.45) is 3.02. The van der Waals surface area contributed by atoms with Crippen molar-refractivity contribution >= 4 is 21.6 Å². The minimum Gasteiger partial charge on any atom is -0.392 e. The second-order valence-electron chi connectivity index (χ2n) is 3.85. The summed E-state index contributed by atoms with van der Waals surface area (Å²) in [6.45, 7) is 0.521. The van der Waals surface area contributed by atoms with Crippen LogP contribution in [-0.4, -0.2) is 47.0 Å². The predicted molar refractivity (Wildman–Crippen MR) is 61.0 cm³/mol. The molecule has 0 bridgehead atoms. The number of piperidine rings is 1. The van der Waals surface area contributed by atoms with Crippen LogP contribution in [-0.2, 0) is 10.0 Å². The molecule has 17 heavy (non-hydrogen) atoms. The average molecular weight is 278 g/mol. The third-order valence-electron chi connectivity index (χ3n) is 2.59. The van der Waals surface area contributed by atoms with Gasteiger partial charge in [0.05, 0.1) is 18.5 Å². The number of rotatable bonds is 2. The number of hydrogen-bond donors (Lipinski definition) is 1. The molecule has 1 N–H and O–H groups in total. The van der Waals surface area contributed by atoms with Crippen LogP contribution in [0.25, 0.3) is 0 Å². The topological polar surface area (TPSA) is 83.4 Å². The molecule has 1 aliphatic rings. The number of hydrogen-bond acceptors (Lipinski definition) is 5. The van der Waals surface area contributed by atoms with E-state index in [1.165, 1.54) is 16.7 Å². The SMILES string of the molecule is O=S(=O)(c1cnc(Cl)nc1)N1CCCC(O)C1. The Bertz CT molecular complexity index is 491. The quantitative estimate of drug-likeness (QED) is 0.785. The van der Waals surface area contributed by atoms with Crippen LogP contribution in [0.2, 0.25) is 5.28 Å². The molecule has 0 aromatic carbocycles. The Kier molecular flexibility index (Phi) is 3.62. The van der Waals surface area contributed by atoms with Crippen molar-refractivity contribution in [1.29, 1.82) is 0 Å². The van der Waals surface area contributed by atoms with Crippen molar-refractivity contribution in [2.75, 3.05) is 13.1 Å². The van der Waals surface area contributed by atoms with Crippen molar-refractivity contribution < 1.29 is 13.5 Å². The number of aromatic nitrogens is 2. The fourth-order valence-electron chi connectivity index (χ4n) is 1.72. The first kappa shape index (κ1) is 12.7. The number of aliphatic hydroxyl groups is 1. The van der Waals surface area contributed by atoms with Gasteiger partial charge < -0.3 is 5.11 Å². The van der Waals surface area contributed by atoms with Gasteiger partial charge in [0.15, 0.2) is 0 Å². The maximum atomic E-state index is 12.1. The van der Waals surface area contributed by atoms with E-state index < -0.39 is 16.1 Å². The Labute approximate surface area is 104 Å². The van der Waals surface area contributed by atoms with Gasteiger partial charge in [-0.15, -0.1) is 0 Å². The van der Waals surface area contributed by atoms with Gasteiger partial charge in [0, 0.05) is 13.1 Å². The lowest BCUT2D eigenvalue weighted by Gasteiger charge is -2.28. The van der Waals surface area contributed by atoms with Crippen LogP contribution in [0, 0.1) is 0 Å². The Morgan fingerprint density at radius 1 is 1.41 bits per heavy atom. The van der Waals surface area contributed by atoms with E-state index >= 15 is 0 Å². The van der Waals surface area contributed by atoms with Crippen LogP contribution >= 0.6 is 11.6 Å². The second kappa shape index (κ2) is 4.85. The summed E-state index contributed by atoms with van der Waals surface area (Å²) in [5, 5.41) is 9.48. The molecule has 1 atom stereocenters. The van der Waals surface area contributed by atoms with E-state index in [4.69, 9.17) is 11.6 Å². The normalized spacial score (nSPS) is 22.6. The molecule has 2 heterocycles. The first-order valence-electron chi connectivity index (χ1n) is 5.16. The summed E-state index contributed by atoms with van der Waals surface area (Å²) >= 11 is 5.50. The minimum atomic E-state index is -3.62. The lowest BCUT2D eigenvalue weighted by Crippen LogP contribution is -2.42. The molecular weight excluding hydrogens is 266 g/mol. The third-order valence-corrected chi connectivity index (χ3v) is 4.61. The zero-order chi connectivity index (χ0) is 12.5. The average Bonchev–Trinajstić information content (AvgIpc) is 2.29. The third kappa shape index (κ3) is 2.74. The van der Waals surface area contributed by atoms with Crippen LogP contribution in [0.5, 0.6) is 0 Å². The number of aliphatic hydroxyl groups excluding tert-OH is 1. The highest BCUT2D eigenvalue weighted by Crippen LogP contribution is 2.19. The van der Waals surface area contributed by atoms with Crippen LogP contribution < -0.4 is 0 Å². The lowest BCUT2D eigenvalue weighted by molar-refractivity contribution is 0.108. The second-order valence-corrected chi connectivity index (χ2v) is 6.12. The number of halogens is 1. The Morgan fingerprint density at radius 3 is 2.65 bits per heavy atom. The molecule has 94 valence electrons. The van der Waals surface area contributed by atoms with Crippen molar-refractivity contribution in [1.82, 2.24) is 14.3 Å².